The van der Waals surface area contributed by atoms with Crippen LogP contribution in [-0.2, 0) is 0 Å². The average Bonchev–Trinajstić information content (AvgIpc) is 3.26. The van der Waals surface area contributed by atoms with Crippen LogP contribution in [0.5, 0.6) is 5.75 Å². The van der Waals surface area contributed by atoms with Crippen molar-refractivity contribution in [2.24, 2.45) is 0 Å². The van der Waals surface area contributed by atoms with Crippen molar-refractivity contribution >= 4 is 17.7 Å². The zero-order chi connectivity index (χ0) is 22.1. The van der Waals surface area contributed by atoms with Crippen molar-refractivity contribution < 1.29 is 23.1 Å². The molecule has 2 N–H and O–H groups in total. The van der Waals surface area contributed by atoms with E-state index >= 15 is 0 Å². The highest BCUT2D eigenvalue weighted by molar-refractivity contribution is 5.91. The molecule has 2 heterocycles. The maximum Gasteiger partial charge on any atom is 0.387 e. The first-order chi connectivity index (χ1) is 14.8. The van der Waals surface area contributed by atoms with Crippen LogP contribution in [0.4, 0.5) is 8.78 Å². The lowest BCUT2D eigenvalue weighted by molar-refractivity contribution is -0.0512. The number of halogens is 2. The summed E-state index contributed by atoms with van der Waals surface area (Å²) in [4.78, 5) is 3.17. The first-order valence-corrected chi connectivity index (χ1v) is 9.79. The SMILES string of the molecule is CC1=CC=c2[nH]cc(C(O)c3ccccc3OC(F)F)c2=CC(c2c(C)noc2C)=C1. The van der Waals surface area contributed by atoms with E-state index in [0.29, 0.717) is 11.3 Å². The second kappa shape index (κ2) is 8.35. The second-order valence-corrected chi connectivity index (χ2v) is 7.41. The van der Waals surface area contributed by atoms with Crippen molar-refractivity contribution in [2.45, 2.75) is 33.5 Å². The number of ether oxygens (including phenoxy) is 1. The molecule has 1 aliphatic rings. The van der Waals surface area contributed by atoms with Crippen LogP contribution in [0.1, 0.15) is 41.2 Å². The summed E-state index contributed by atoms with van der Waals surface area (Å²) < 4.78 is 35.7. The molecule has 0 aliphatic heterocycles. The molecule has 31 heavy (non-hydrogen) atoms. The molecule has 0 amide bonds. The third kappa shape index (κ3) is 4.09. The third-order valence-corrected chi connectivity index (χ3v) is 5.23. The average molecular weight is 424 g/mol. The standard InChI is InChI=1S/C24H22F2N2O3/c1-13-8-9-20-18(11-16(10-13)22-14(2)28-31-15(22)3)19(12-27-20)23(29)17-6-4-5-7-21(17)30-24(25)26/h4-12,23-24,27,29H,1-3H3. The van der Waals surface area contributed by atoms with E-state index in [2.05, 4.69) is 14.9 Å². The van der Waals surface area contributed by atoms with Crippen LogP contribution in [0.3, 0.4) is 0 Å². The number of nitrogens with one attached hydrogen (secondary N) is 1. The molecule has 2 aromatic heterocycles. The first-order valence-electron chi connectivity index (χ1n) is 9.79. The molecule has 1 unspecified atom stereocenters. The summed E-state index contributed by atoms with van der Waals surface area (Å²) in [6.45, 7) is 2.72. The van der Waals surface area contributed by atoms with E-state index in [1.54, 1.807) is 24.4 Å². The number of fused-ring (bicyclic) bond motifs is 1. The molecule has 0 spiro atoms. The molecule has 1 aromatic carbocycles. The summed E-state index contributed by atoms with van der Waals surface area (Å²) in [7, 11) is 0. The van der Waals surface area contributed by atoms with Crippen molar-refractivity contribution in [2.75, 3.05) is 0 Å². The number of aromatic nitrogens is 2. The number of benzene rings is 1. The minimum atomic E-state index is -2.98. The van der Waals surface area contributed by atoms with Crippen LogP contribution in [-0.4, -0.2) is 21.9 Å². The number of allylic oxidation sites excluding steroid dienone is 4. The molecule has 1 atom stereocenters. The Balaban J connectivity index is 1.89. The lowest BCUT2D eigenvalue weighted by atomic mass is 9.96. The van der Waals surface area contributed by atoms with Gasteiger partial charge in [0.15, 0.2) is 0 Å². The van der Waals surface area contributed by atoms with Gasteiger partial charge in [-0.1, -0.05) is 41.1 Å². The maximum absolute atomic E-state index is 12.8. The summed E-state index contributed by atoms with van der Waals surface area (Å²) >= 11 is 0. The van der Waals surface area contributed by atoms with Gasteiger partial charge in [0, 0.05) is 33.5 Å². The molecule has 1 aliphatic carbocycles. The minimum absolute atomic E-state index is 0.0630. The molecule has 0 bridgehead atoms. The van der Waals surface area contributed by atoms with Crippen LogP contribution in [0, 0.1) is 13.8 Å². The zero-order valence-electron chi connectivity index (χ0n) is 17.3. The Morgan fingerprint density at radius 1 is 1.06 bits per heavy atom. The van der Waals surface area contributed by atoms with E-state index in [1.165, 1.54) is 6.07 Å². The first kappa shape index (κ1) is 20.8. The Bertz CT molecular complexity index is 1280. The lowest BCUT2D eigenvalue weighted by Crippen LogP contribution is -2.27. The number of aryl methyl sites for hydroxylation is 2. The number of rotatable bonds is 5. The monoisotopic (exact) mass is 424 g/mol. The highest BCUT2D eigenvalue weighted by Gasteiger charge is 2.21. The van der Waals surface area contributed by atoms with Gasteiger partial charge in [0.05, 0.1) is 5.69 Å². The van der Waals surface area contributed by atoms with E-state index in [4.69, 9.17) is 4.52 Å². The highest BCUT2D eigenvalue weighted by Crippen LogP contribution is 2.30. The van der Waals surface area contributed by atoms with Gasteiger partial charge >= 0.3 is 6.61 Å². The number of hydrogen-bond donors (Lipinski definition) is 2. The van der Waals surface area contributed by atoms with Gasteiger partial charge in [0.2, 0.25) is 0 Å². The van der Waals surface area contributed by atoms with Crippen molar-refractivity contribution in [1.82, 2.24) is 10.1 Å². The predicted octanol–water partition coefficient (Wildman–Crippen LogP) is 3.91. The highest BCUT2D eigenvalue weighted by atomic mass is 19.3. The van der Waals surface area contributed by atoms with E-state index in [9.17, 15) is 13.9 Å². The molecule has 0 saturated heterocycles. The number of aliphatic hydroxyl groups excluding tert-OH is 1. The Hall–Kier alpha value is -3.45. The fourth-order valence-electron chi connectivity index (χ4n) is 3.81. The van der Waals surface area contributed by atoms with Crippen LogP contribution < -0.4 is 15.3 Å². The largest absolute Gasteiger partial charge is 0.434 e. The number of para-hydroxylation sites is 1. The molecule has 3 aromatic rings. The van der Waals surface area contributed by atoms with Gasteiger partial charge in [-0.25, -0.2) is 0 Å². The minimum Gasteiger partial charge on any atom is -0.434 e. The molecule has 0 fully saturated rings. The summed E-state index contributed by atoms with van der Waals surface area (Å²) in [5.41, 5.74) is 4.35. The van der Waals surface area contributed by atoms with E-state index in [-0.39, 0.29) is 11.3 Å². The molecule has 5 nitrogen and oxygen atoms in total. The number of nitrogens with zero attached hydrogens (tertiary/aromatic N) is 1. The number of aliphatic hydroxyl groups is 1. The summed E-state index contributed by atoms with van der Waals surface area (Å²) in [5, 5.41) is 16.7. The number of H-pyrrole nitrogens is 1. The normalized spacial score (nSPS) is 14.5. The van der Waals surface area contributed by atoms with Crippen molar-refractivity contribution in [3.8, 4) is 5.75 Å². The molecule has 4 rings (SSSR count). The maximum atomic E-state index is 12.8. The fraction of sp³-hybridized carbons (Fsp3) is 0.208. The zero-order valence-corrected chi connectivity index (χ0v) is 17.3. The Kier molecular flexibility index (Phi) is 5.61. The fourth-order valence-corrected chi connectivity index (χ4v) is 3.81. The molecule has 7 heteroatoms. The summed E-state index contributed by atoms with van der Waals surface area (Å²) in [6, 6.07) is 6.24. The van der Waals surface area contributed by atoms with Gasteiger partial charge in [-0.2, -0.15) is 8.78 Å². The van der Waals surface area contributed by atoms with Gasteiger partial charge in [-0.05, 0) is 44.6 Å². The van der Waals surface area contributed by atoms with Crippen molar-refractivity contribution in [3.05, 3.63) is 86.9 Å². The van der Waals surface area contributed by atoms with E-state index in [0.717, 1.165) is 33.0 Å². The van der Waals surface area contributed by atoms with Crippen LogP contribution in [0.2, 0.25) is 0 Å². The van der Waals surface area contributed by atoms with E-state index in [1.807, 2.05) is 45.1 Å². The Labute approximate surface area is 177 Å². The van der Waals surface area contributed by atoms with Crippen molar-refractivity contribution in [3.63, 3.8) is 0 Å². The van der Waals surface area contributed by atoms with Gasteiger partial charge in [0.25, 0.3) is 0 Å². The van der Waals surface area contributed by atoms with Crippen LogP contribution in [0.15, 0.2) is 52.7 Å². The third-order valence-electron chi connectivity index (χ3n) is 5.23. The number of alkyl halides is 2. The number of hydrogen-bond acceptors (Lipinski definition) is 4. The second-order valence-electron chi connectivity index (χ2n) is 7.41. The topological polar surface area (TPSA) is 71.3 Å². The van der Waals surface area contributed by atoms with Gasteiger partial charge in [0.1, 0.15) is 17.6 Å². The Morgan fingerprint density at radius 2 is 1.84 bits per heavy atom. The molecule has 0 saturated carbocycles. The Morgan fingerprint density at radius 3 is 2.55 bits per heavy atom. The van der Waals surface area contributed by atoms with E-state index < -0.39 is 12.7 Å². The molecular formula is C24H22F2N2O3. The summed E-state index contributed by atoms with van der Waals surface area (Å²) in [5.74, 6) is 0.624. The quantitative estimate of drug-likeness (QED) is 0.652. The van der Waals surface area contributed by atoms with Gasteiger partial charge < -0.3 is 19.4 Å². The molecular weight excluding hydrogens is 402 g/mol. The lowest BCUT2D eigenvalue weighted by Gasteiger charge is -2.15. The van der Waals surface area contributed by atoms with Crippen molar-refractivity contribution in [1.29, 1.82) is 0 Å². The smallest absolute Gasteiger partial charge is 0.387 e. The predicted molar refractivity (Wildman–Crippen MR) is 114 cm³/mol. The van der Waals surface area contributed by atoms with Crippen LogP contribution in [0.25, 0.3) is 17.7 Å². The summed E-state index contributed by atoms with van der Waals surface area (Å²) in [6.07, 6.45) is 8.35. The molecule has 160 valence electrons. The van der Waals surface area contributed by atoms with Gasteiger partial charge in [-0.3, -0.25) is 0 Å². The van der Waals surface area contributed by atoms with Gasteiger partial charge in [-0.15, -0.1) is 0 Å². The van der Waals surface area contributed by atoms with Crippen LogP contribution >= 0.6 is 0 Å². The molecule has 0 radical (unpaired) electrons. The number of aromatic amines is 1.